The topological polar surface area (TPSA) is 104 Å². The number of nitrogens with two attached hydrogens (primary N) is 1. The van der Waals surface area contributed by atoms with Gasteiger partial charge in [-0.3, -0.25) is 0 Å². The molecule has 12 heavy (non-hydrogen) atoms. The zero-order chi connectivity index (χ0) is 9.72. The van der Waals surface area contributed by atoms with Crippen LogP contribution in [-0.2, 0) is 4.79 Å². The number of thiol groups is 1. The molecule has 0 aliphatic heterocycles. The van der Waals surface area contributed by atoms with Crippen LogP contribution in [0.5, 0.6) is 0 Å². The van der Waals surface area contributed by atoms with Gasteiger partial charge in [-0.2, -0.15) is 12.6 Å². The van der Waals surface area contributed by atoms with Gasteiger partial charge >= 0.3 is 0 Å². The van der Waals surface area contributed by atoms with E-state index < -0.39 is 30.1 Å². The van der Waals surface area contributed by atoms with Crippen LogP contribution in [0, 0.1) is 0 Å². The second-order valence-electron chi connectivity index (χ2n) is 2.44. The van der Waals surface area contributed by atoms with Gasteiger partial charge in [-0.05, 0) is 0 Å². The predicted octanol–water partition coefficient (Wildman–Crippen LogP) is -2.47. The van der Waals surface area contributed by atoms with E-state index in [2.05, 4.69) is 12.6 Å². The van der Waals surface area contributed by atoms with Gasteiger partial charge in [0, 0.05) is 0 Å². The highest BCUT2D eigenvalue weighted by Gasteiger charge is 2.27. The molecule has 0 saturated heterocycles. The fraction of sp³-hybridized carbons (Fsp3) is 0.833. The predicted molar refractivity (Wildman–Crippen MR) is 45.9 cm³/mol. The zero-order valence-corrected chi connectivity index (χ0v) is 7.26. The molecule has 0 saturated carbocycles. The Balaban J connectivity index is 4.07. The monoisotopic (exact) mass is 195 g/mol. The van der Waals surface area contributed by atoms with Crippen molar-refractivity contribution < 1.29 is 20.1 Å². The van der Waals surface area contributed by atoms with E-state index in [1.807, 2.05) is 0 Å². The molecule has 0 aliphatic rings. The average Bonchev–Trinajstić information content (AvgIpc) is 2.12. The summed E-state index contributed by atoms with van der Waals surface area (Å²) in [5.74, 6) is 0. The van der Waals surface area contributed by atoms with Crippen molar-refractivity contribution in [3.05, 3.63) is 0 Å². The highest BCUT2D eigenvalue weighted by atomic mass is 32.1. The first-order chi connectivity index (χ1) is 5.54. The lowest BCUT2D eigenvalue weighted by atomic mass is 10.0. The second-order valence-corrected chi connectivity index (χ2v) is 3.11. The largest absolute Gasteiger partial charge is 0.395 e. The minimum Gasteiger partial charge on any atom is -0.395 e. The van der Waals surface area contributed by atoms with Crippen LogP contribution in [0.25, 0.3) is 0 Å². The molecule has 0 aliphatic carbocycles. The Labute approximate surface area is 75.6 Å². The van der Waals surface area contributed by atoms with Crippen LogP contribution >= 0.6 is 12.6 Å². The van der Waals surface area contributed by atoms with Crippen molar-refractivity contribution >= 4 is 18.9 Å². The van der Waals surface area contributed by atoms with E-state index in [-0.39, 0.29) is 0 Å². The maximum absolute atomic E-state index is 10.1. The Bertz CT molecular complexity index is 146. The normalized spacial score (nSPS) is 21.1. The molecule has 0 bridgehead atoms. The van der Waals surface area contributed by atoms with Gasteiger partial charge in [-0.1, -0.05) is 0 Å². The van der Waals surface area contributed by atoms with Crippen LogP contribution in [0.1, 0.15) is 0 Å². The Morgan fingerprint density at radius 1 is 1.42 bits per heavy atom. The van der Waals surface area contributed by atoms with Crippen LogP contribution in [0.3, 0.4) is 0 Å². The molecule has 0 aromatic rings. The third-order valence-corrected chi connectivity index (χ3v) is 1.95. The molecular weight excluding hydrogens is 182 g/mol. The van der Waals surface area contributed by atoms with E-state index in [0.717, 1.165) is 0 Å². The van der Waals surface area contributed by atoms with Crippen molar-refractivity contribution in [3.63, 3.8) is 0 Å². The minimum absolute atomic E-state index is 0.325. The maximum Gasteiger partial charge on any atom is 0.139 e. The van der Waals surface area contributed by atoms with E-state index in [0.29, 0.717) is 6.29 Å². The number of hydrogen-bond donors (Lipinski definition) is 5. The zero-order valence-electron chi connectivity index (χ0n) is 6.37. The maximum atomic E-state index is 10.1. The van der Waals surface area contributed by atoms with Crippen LogP contribution in [0.4, 0.5) is 0 Å². The number of hydrogen-bond acceptors (Lipinski definition) is 6. The number of aliphatic hydroxyl groups is 3. The molecule has 0 spiro atoms. The van der Waals surface area contributed by atoms with Gasteiger partial charge in [0.1, 0.15) is 12.4 Å². The summed E-state index contributed by atoms with van der Waals surface area (Å²) in [5.41, 5.74) is 5.12. The standard InChI is InChI=1S/C6H13NO4S/c7-3(1-8)5(10)6(11)4(12)2-9/h1,3-6,9-12H,2,7H2/t3-,4-,5-,6-/m1/s1. The first-order valence-corrected chi connectivity index (χ1v) is 3.92. The van der Waals surface area contributed by atoms with E-state index >= 15 is 0 Å². The molecule has 0 aromatic heterocycles. The van der Waals surface area contributed by atoms with Crippen LogP contribution in [0.2, 0.25) is 0 Å². The smallest absolute Gasteiger partial charge is 0.139 e. The van der Waals surface area contributed by atoms with E-state index in [1.165, 1.54) is 0 Å². The van der Waals surface area contributed by atoms with Crippen LogP contribution in [0.15, 0.2) is 0 Å². The summed E-state index contributed by atoms with van der Waals surface area (Å²) in [4.78, 5) is 10.1. The number of carbonyl (C=O) groups is 1. The van der Waals surface area contributed by atoms with Crippen molar-refractivity contribution in [2.24, 2.45) is 5.73 Å². The second kappa shape index (κ2) is 5.50. The molecule has 0 unspecified atom stereocenters. The number of aldehydes is 1. The fourth-order valence-corrected chi connectivity index (χ4v) is 0.820. The van der Waals surface area contributed by atoms with Gasteiger partial charge in [0.25, 0.3) is 0 Å². The highest BCUT2D eigenvalue weighted by Crippen LogP contribution is 2.07. The fourth-order valence-electron chi connectivity index (χ4n) is 0.644. The van der Waals surface area contributed by atoms with E-state index in [1.54, 1.807) is 0 Å². The quantitative estimate of drug-likeness (QED) is 0.247. The summed E-state index contributed by atoms with van der Waals surface area (Å²) in [6, 6.07) is -1.15. The molecule has 0 heterocycles. The van der Waals surface area contributed by atoms with E-state index in [4.69, 9.17) is 21.1 Å². The van der Waals surface area contributed by atoms with Gasteiger partial charge in [0.15, 0.2) is 0 Å². The third kappa shape index (κ3) is 3.08. The molecule has 72 valence electrons. The van der Waals surface area contributed by atoms with Gasteiger partial charge in [0.2, 0.25) is 0 Å². The Morgan fingerprint density at radius 3 is 2.25 bits per heavy atom. The molecular formula is C6H13NO4S. The van der Waals surface area contributed by atoms with Crippen molar-refractivity contribution in [2.45, 2.75) is 23.5 Å². The van der Waals surface area contributed by atoms with Crippen molar-refractivity contribution in [1.82, 2.24) is 0 Å². The molecule has 0 radical (unpaired) electrons. The Hall–Kier alpha value is -0.140. The summed E-state index contributed by atoms with van der Waals surface area (Å²) in [6.45, 7) is -0.396. The van der Waals surface area contributed by atoms with Gasteiger partial charge in [-0.25, -0.2) is 0 Å². The molecule has 5 N–H and O–H groups in total. The number of aliphatic hydroxyl groups excluding tert-OH is 3. The first-order valence-electron chi connectivity index (χ1n) is 3.40. The van der Waals surface area contributed by atoms with Gasteiger partial charge in [0.05, 0.1) is 24.0 Å². The summed E-state index contributed by atoms with van der Waals surface area (Å²) in [5, 5.41) is 26.0. The highest BCUT2D eigenvalue weighted by molar-refractivity contribution is 7.81. The summed E-state index contributed by atoms with van der Waals surface area (Å²) < 4.78 is 0. The lowest BCUT2D eigenvalue weighted by Gasteiger charge is -2.23. The van der Waals surface area contributed by atoms with E-state index in [9.17, 15) is 4.79 Å². The Kier molecular flexibility index (Phi) is 5.43. The van der Waals surface area contributed by atoms with Crippen LogP contribution in [-0.4, -0.2) is 51.7 Å². The number of rotatable bonds is 5. The van der Waals surface area contributed by atoms with Gasteiger partial charge < -0.3 is 25.8 Å². The van der Waals surface area contributed by atoms with Gasteiger partial charge in [-0.15, -0.1) is 0 Å². The molecule has 6 heteroatoms. The lowest BCUT2D eigenvalue weighted by molar-refractivity contribution is -0.113. The summed E-state index contributed by atoms with van der Waals surface area (Å²) in [6.07, 6.45) is -2.37. The molecule has 0 rings (SSSR count). The molecule has 0 aromatic carbocycles. The molecule has 0 amide bonds. The molecule has 4 atom stereocenters. The SMILES string of the molecule is N[C@H](C=O)[C@@H](O)[C@H](O)[C@H](S)CO. The van der Waals surface area contributed by atoms with Crippen LogP contribution < -0.4 is 5.73 Å². The third-order valence-electron chi connectivity index (χ3n) is 1.48. The summed E-state index contributed by atoms with van der Waals surface area (Å²) in [7, 11) is 0. The van der Waals surface area contributed by atoms with Crippen molar-refractivity contribution in [2.75, 3.05) is 6.61 Å². The van der Waals surface area contributed by atoms with Crippen molar-refractivity contribution in [3.8, 4) is 0 Å². The number of carbonyl (C=O) groups excluding carboxylic acids is 1. The average molecular weight is 195 g/mol. The van der Waals surface area contributed by atoms with Crippen molar-refractivity contribution in [1.29, 1.82) is 0 Å². The minimum atomic E-state index is -1.39. The summed E-state index contributed by atoms with van der Waals surface area (Å²) >= 11 is 3.77. The molecule has 5 nitrogen and oxygen atoms in total. The Morgan fingerprint density at radius 2 is 1.92 bits per heavy atom. The lowest BCUT2D eigenvalue weighted by Crippen LogP contribution is -2.48. The molecule has 0 fully saturated rings. The first kappa shape index (κ1) is 11.9.